The van der Waals surface area contributed by atoms with Gasteiger partial charge in [-0.05, 0) is 66.4 Å². The molecule has 1 aliphatic heterocycles. The molecule has 3 rings (SSSR count). The molecular formula is C20H20BrFN2O2S. The topological polar surface area (TPSA) is 53.3 Å². The van der Waals surface area contributed by atoms with Crippen molar-refractivity contribution in [3.05, 3.63) is 54.9 Å². The standard InChI is InChI=1S/C20H20BrFN2O2S/c1-11-15(8-23)27-16-10-24(19(25)26-20(2,3)4)9-13(17(11)16)12-6-5-7-14(22)18(12)21/h5-7,13H,9-10H2,1-4H3/t13-/m0/s1. The predicted octanol–water partition coefficient (Wildman–Crippen LogP) is 5.71. The average Bonchev–Trinajstić information content (AvgIpc) is 2.91. The van der Waals surface area contributed by atoms with Crippen molar-refractivity contribution in [3.8, 4) is 6.07 Å². The normalized spacial score (nSPS) is 16.6. The summed E-state index contributed by atoms with van der Waals surface area (Å²) < 4.78 is 20.1. The van der Waals surface area contributed by atoms with Crippen LogP contribution in [0.1, 0.15) is 53.1 Å². The Hall–Kier alpha value is -1.91. The summed E-state index contributed by atoms with van der Waals surface area (Å²) in [6, 6.07) is 7.14. The lowest BCUT2D eigenvalue weighted by molar-refractivity contribution is 0.0216. The summed E-state index contributed by atoms with van der Waals surface area (Å²) in [7, 11) is 0. The lowest BCUT2D eigenvalue weighted by atomic mass is 9.86. The van der Waals surface area contributed by atoms with Crippen LogP contribution in [0.2, 0.25) is 0 Å². The summed E-state index contributed by atoms with van der Waals surface area (Å²) in [4.78, 5) is 15.9. The molecule has 0 radical (unpaired) electrons. The molecule has 0 aliphatic carbocycles. The number of nitrogens with zero attached hydrogens (tertiary/aromatic N) is 2. The van der Waals surface area contributed by atoms with Gasteiger partial charge in [-0.25, -0.2) is 9.18 Å². The van der Waals surface area contributed by atoms with Crippen molar-refractivity contribution in [1.82, 2.24) is 4.90 Å². The van der Waals surface area contributed by atoms with Crippen molar-refractivity contribution in [1.29, 1.82) is 5.26 Å². The van der Waals surface area contributed by atoms with Gasteiger partial charge in [-0.1, -0.05) is 12.1 Å². The van der Waals surface area contributed by atoms with E-state index in [2.05, 4.69) is 22.0 Å². The minimum Gasteiger partial charge on any atom is -0.444 e. The highest BCUT2D eigenvalue weighted by Gasteiger charge is 2.36. The van der Waals surface area contributed by atoms with Crippen LogP contribution in [0.3, 0.4) is 0 Å². The Morgan fingerprint density at radius 3 is 2.78 bits per heavy atom. The summed E-state index contributed by atoms with van der Waals surface area (Å²) in [5.41, 5.74) is 2.08. The van der Waals surface area contributed by atoms with Gasteiger partial charge in [0.2, 0.25) is 0 Å². The molecule has 0 unspecified atom stereocenters. The van der Waals surface area contributed by atoms with E-state index in [4.69, 9.17) is 4.74 Å². The van der Waals surface area contributed by atoms with Crippen molar-refractivity contribution < 1.29 is 13.9 Å². The van der Waals surface area contributed by atoms with Crippen LogP contribution in [0.4, 0.5) is 9.18 Å². The first-order chi connectivity index (χ1) is 12.6. The minimum atomic E-state index is -0.602. The van der Waals surface area contributed by atoms with E-state index < -0.39 is 11.7 Å². The number of benzene rings is 1. The summed E-state index contributed by atoms with van der Waals surface area (Å²) in [6.45, 7) is 8.14. The highest BCUT2D eigenvalue weighted by atomic mass is 79.9. The van der Waals surface area contributed by atoms with E-state index in [0.717, 1.165) is 21.6 Å². The van der Waals surface area contributed by atoms with Gasteiger partial charge >= 0.3 is 6.09 Å². The van der Waals surface area contributed by atoms with E-state index in [0.29, 0.717) is 22.4 Å². The fraction of sp³-hybridized carbons (Fsp3) is 0.400. The molecule has 2 aromatic rings. The van der Waals surface area contributed by atoms with Crippen LogP contribution in [0.5, 0.6) is 0 Å². The van der Waals surface area contributed by atoms with Gasteiger partial charge in [0.1, 0.15) is 22.4 Å². The van der Waals surface area contributed by atoms with Gasteiger partial charge in [0.05, 0.1) is 11.0 Å². The average molecular weight is 451 g/mol. The number of carbonyl (C=O) groups excluding carboxylic acids is 1. The van der Waals surface area contributed by atoms with Crippen LogP contribution in [0.15, 0.2) is 22.7 Å². The molecule has 0 saturated heterocycles. The number of rotatable bonds is 1. The molecule has 0 spiro atoms. The van der Waals surface area contributed by atoms with Gasteiger partial charge in [-0.2, -0.15) is 5.26 Å². The summed E-state index contributed by atoms with van der Waals surface area (Å²) >= 11 is 4.74. The maximum atomic E-state index is 14.2. The van der Waals surface area contributed by atoms with E-state index in [1.807, 2.05) is 33.8 Å². The summed E-state index contributed by atoms with van der Waals surface area (Å²) in [5.74, 6) is -0.582. The molecule has 0 N–H and O–H groups in total. The van der Waals surface area contributed by atoms with Gasteiger partial charge in [0.15, 0.2) is 0 Å². The zero-order valence-corrected chi connectivity index (χ0v) is 18.0. The molecule has 142 valence electrons. The van der Waals surface area contributed by atoms with Crippen molar-refractivity contribution in [2.75, 3.05) is 6.54 Å². The fourth-order valence-corrected chi connectivity index (χ4v) is 5.05. The Balaban J connectivity index is 2.09. The molecule has 0 bridgehead atoms. The van der Waals surface area contributed by atoms with E-state index in [1.54, 1.807) is 11.0 Å². The molecule has 0 fully saturated rings. The van der Waals surface area contributed by atoms with Crippen LogP contribution >= 0.6 is 27.3 Å². The van der Waals surface area contributed by atoms with Crippen LogP contribution in [0.25, 0.3) is 0 Å². The Bertz CT molecular complexity index is 943. The first-order valence-electron chi connectivity index (χ1n) is 8.56. The molecule has 1 atom stereocenters. The largest absolute Gasteiger partial charge is 0.444 e. The second-order valence-corrected chi connectivity index (χ2v) is 9.46. The Morgan fingerprint density at radius 1 is 1.44 bits per heavy atom. The quantitative estimate of drug-likeness (QED) is 0.558. The molecule has 2 heterocycles. The molecule has 7 heteroatoms. The zero-order chi connectivity index (χ0) is 19.9. The number of amides is 1. The van der Waals surface area contributed by atoms with Crippen molar-refractivity contribution in [3.63, 3.8) is 0 Å². The monoisotopic (exact) mass is 450 g/mol. The highest BCUT2D eigenvalue weighted by molar-refractivity contribution is 9.10. The van der Waals surface area contributed by atoms with E-state index in [-0.39, 0.29) is 11.7 Å². The van der Waals surface area contributed by atoms with Gasteiger partial charge in [-0.3, -0.25) is 0 Å². The molecule has 1 amide bonds. The number of hydrogen-bond donors (Lipinski definition) is 0. The van der Waals surface area contributed by atoms with Crippen LogP contribution in [0, 0.1) is 24.1 Å². The third kappa shape index (κ3) is 3.87. The van der Waals surface area contributed by atoms with Crippen molar-refractivity contribution in [2.45, 2.75) is 45.8 Å². The number of fused-ring (bicyclic) bond motifs is 1. The molecule has 4 nitrogen and oxygen atoms in total. The lowest BCUT2D eigenvalue weighted by Gasteiger charge is -2.35. The molecule has 1 aromatic heterocycles. The number of thiophene rings is 1. The Morgan fingerprint density at radius 2 is 2.15 bits per heavy atom. The van der Waals surface area contributed by atoms with E-state index >= 15 is 0 Å². The number of hydrogen-bond acceptors (Lipinski definition) is 4. The molecule has 0 saturated carbocycles. The van der Waals surface area contributed by atoms with Crippen LogP contribution in [-0.4, -0.2) is 23.1 Å². The second-order valence-electron chi connectivity index (χ2n) is 7.56. The summed E-state index contributed by atoms with van der Waals surface area (Å²) in [5, 5.41) is 9.44. The maximum absolute atomic E-state index is 14.2. The van der Waals surface area contributed by atoms with Gasteiger partial charge in [-0.15, -0.1) is 11.3 Å². The van der Waals surface area contributed by atoms with Crippen LogP contribution in [-0.2, 0) is 11.3 Å². The minimum absolute atomic E-state index is 0.232. The first-order valence-corrected chi connectivity index (χ1v) is 10.2. The fourth-order valence-electron chi connectivity index (χ4n) is 3.32. The van der Waals surface area contributed by atoms with E-state index in [1.165, 1.54) is 17.4 Å². The smallest absolute Gasteiger partial charge is 0.410 e. The molecule has 1 aliphatic rings. The van der Waals surface area contributed by atoms with Crippen molar-refractivity contribution in [2.24, 2.45) is 0 Å². The highest BCUT2D eigenvalue weighted by Crippen LogP contribution is 2.43. The zero-order valence-electron chi connectivity index (χ0n) is 15.6. The van der Waals surface area contributed by atoms with Crippen LogP contribution < -0.4 is 0 Å². The number of nitriles is 1. The molecule has 1 aromatic carbocycles. The van der Waals surface area contributed by atoms with Gasteiger partial charge in [0, 0.05) is 17.3 Å². The number of ether oxygens (including phenoxy) is 1. The van der Waals surface area contributed by atoms with E-state index in [9.17, 15) is 14.4 Å². The number of carbonyl (C=O) groups is 1. The second kappa shape index (κ2) is 7.25. The Kier molecular flexibility index (Phi) is 5.33. The molecule has 27 heavy (non-hydrogen) atoms. The molecular weight excluding hydrogens is 431 g/mol. The first kappa shape index (κ1) is 19.8. The van der Waals surface area contributed by atoms with Crippen molar-refractivity contribution >= 4 is 33.4 Å². The summed E-state index contributed by atoms with van der Waals surface area (Å²) in [6.07, 6.45) is -0.407. The third-order valence-electron chi connectivity index (χ3n) is 4.47. The maximum Gasteiger partial charge on any atom is 0.410 e. The number of halogens is 2. The third-order valence-corrected chi connectivity index (χ3v) is 6.50. The Labute approximate surface area is 170 Å². The predicted molar refractivity (Wildman–Crippen MR) is 106 cm³/mol. The lowest BCUT2D eigenvalue weighted by Crippen LogP contribution is -2.41. The van der Waals surface area contributed by atoms with Gasteiger partial charge in [0.25, 0.3) is 0 Å². The van der Waals surface area contributed by atoms with Gasteiger partial charge < -0.3 is 9.64 Å². The SMILES string of the molecule is Cc1c(C#N)sc2c1[C@H](c1cccc(F)c1Br)CN(C(=O)OC(C)(C)C)C2.